The van der Waals surface area contributed by atoms with Crippen LogP contribution in [0.25, 0.3) is 0 Å². The summed E-state index contributed by atoms with van der Waals surface area (Å²) in [7, 11) is 0. The SMILES string of the molecule is Cc1ccc(Nc2nnc(SCC(=O)O)s2)cc1Br. The molecular weight excluding hydrogens is 350 g/mol. The van der Waals surface area contributed by atoms with Crippen LogP contribution < -0.4 is 5.32 Å². The van der Waals surface area contributed by atoms with Gasteiger partial charge in [0, 0.05) is 10.2 Å². The second-order valence-corrected chi connectivity index (χ2v) is 6.70. The normalized spacial score (nSPS) is 10.4. The van der Waals surface area contributed by atoms with E-state index in [-0.39, 0.29) is 5.75 Å². The van der Waals surface area contributed by atoms with Gasteiger partial charge in [0.2, 0.25) is 5.13 Å². The van der Waals surface area contributed by atoms with Crippen LogP contribution in [0, 0.1) is 6.92 Å². The summed E-state index contributed by atoms with van der Waals surface area (Å²) in [4.78, 5) is 10.5. The highest BCUT2D eigenvalue weighted by molar-refractivity contribution is 9.10. The Morgan fingerprint density at radius 3 is 3.00 bits per heavy atom. The first-order valence-electron chi connectivity index (χ1n) is 5.26. The van der Waals surface area contributed by atoms with Crippen molar-refractivity contribution in [3.8, 4) is 0 Å². The molecule has 1 heterocycles. The zero-order valence-electron chi connectivity index (χ0n) is 9.88. The summed E-state index contributed by atoms with van der Waals surface area (Å²) in [5.74, 6) is -0.873. The smallest absolute Gasteiger partial charge is 0.313 e. The Labute approximate surface area is 126 Å². The number of nitrogens with zero attached hydrogens (tertiary/aromatic N) is 2. The number of aliphatic carboxylic acids is 1. The van der Waals surface area contributed by atoms with Crippen LogP contribution in [0.1, 0.15) is 5.56 Å². The fourth-order valence-electron chi connectivity index (χ4n) is 1.24. The Hall–Kier alpha value is -1.12. The number of halogens is 1. The van der Waals surface area contributed by atoms with Crippen molar-refractivity contribution in [2.24, 2.45) is 0 Å². The lowest BCUT2D eigenvalue weighted by Gasteiger charge is -2.04. The van der Waals surface area contributed by atoms with Gasteiger partial charge in [0.1, 0.15) is 0 Å². The lowest BCUT2D eigenvalue weighted by molar-refractivity contribution is -0.133. The Morgan fingerprint density at radius 2 is 2.32 bits per heavy atom. The Balaban J connectivity index is 2.02. The van der Waals surface area contributed by atoms with Gasteiger partial charge in [-0.05, 0) is 24.6 Å². The van der Waals surface area contributed by atoms with Crippen LogP contribution in [-0.2, 0) is 4.79 Å². The van der Waals surface area contributed by atoms with Crippen molar-refractivity contribution in [1.29, 1.82) is 0 Å². The summed E-state index contributed by atoms with van der Waals surface area (Å²) in [5, 5.41) is 20.3. The zero-order valence-corrected chi connectivity index (χ0v) is 13.1. The maximum atomic E-state index is 10.5. The van der Waals surface area contributed by atoms with Crippen LogP contribution in [-0.4, -0.2) is 27.0 Å². The molecule has 5 nitrogen and oxygen atoms in total. The van der Waals surface area contributed by atoms with Crippen molar-refractivity contribution in [3.63, 3.8) is 0 Å². The zero-order chi connectivity index (χ0) is 13.8. The summed E-state index contributed by atoms with van der Waals surface area (Å²) in [5.41, 5.74) is 2.06. The fourth-order valence-corrected chi connectivity index (χ4v) is 3.11. The molecule has 0 aliphatic rings. The Bertz CT molecular complexity index is 603. The van der Waals surface area contributed by atoms with Crippen molar-refractivity contribution in [2.45, 2.75) is 11.3 Å². The first-order valence-corrected chi connectivity index (χ1v) is 7.85. The standard InChI is InChI=1S/C11H10BrN3O2S2/c1-6-2-3-7(4-8(6)12)13-10-14-15-11(19-10)18-5-9(16)17/h2-4H,5H2,1H3,(H,13,14)(H,16,17). The van der Waals surface area contributed by atoms with Crippen molar-refractivity contribution < 1.29 is 9.90 Å². The molecular formula is C11H10BrN3O2S2. The van der Waals surface area contributed by atoms with E-state index >= 15 is 0 Å². The molecule has 0 bridgehead atoms. The molecule has 0 amide bonds. The van der Waals surface area contributed by atoms with Crippen LogP contribution in [0.3, 0.4) is 0 Å². The number of nitrogens with one attached hydrogen (secondary N) is 1. The summed E-state index contributed by atoms with van der Waals surface area (Å²) < 4.78 is 1.65. The van der Waals surface area contributed by atoms with E-state index in [2.05, 4.69) is 31.4 Å². The summed E-state index contributed by atoms with van der Waals surface area (Å²) in [6.07, 6.45) is 0. The largest absolute Gasteiger partial charge is 0.481 e. The van der Waals surface area contributed by atoms with Gasteiger partial charge < -0.3 is 10.4 Å². The highest BCUT2D eigenvalue weighted by Crippen LogP contribution is 2.29. The molecule has 19 heavy (non-hydrogen) atoms. The van der Waals surface area contributed by atoms with Gasteiger partial charge in [-0.25, -0.2) is 0 Å². The van der Waals surface area contributed by atoms with Crippen LogP contribution in [0.15, 0.2) is 27.0 Å². The van der Waals surface area contributed by atoms with Gasteiger partial charge in [-0.1, -0.05) is 45.1 Å². The molecule has 0 radical (unpaired) electrons. The molecule has 2 N–H and O–H groups in total. The van der Waals surface area contributed by atoms with Crippen molar-refractivity contribution in [2.75, 3.05) is 11.1 Å². The average molecular weight is 360 g/mol. The van der Waals surface area contributed by atoms with Crippen LogP contribution in [0.5, 0.6) is 0 Å². The number of hydrogen-bond donors (Lipinski definition) is 2. The minimum absolute atomic E-state index is 0.00921. The number of carboxylic acid groups (broad SMARTS) is 1. The Kier molecular flexibility index (Phi) is 4.78. The number of thioether (sulfide) groups is 1. The van der Waals surface area contributed by atoms with Crippen LogP contribution in [0.4, 0.5) is 10.8 Å². The second-order valence-electron chi connectivity index (χ2n) is 3.64. The lowest BCUT2D eigenvalue weighted by atomic mass is 10.2. The maximum Gasteiger partial charge on any atom is 0.313 e. The van der Waals surface area contributed by atoms with Crippen LogP contribution >= 0.6 is 39.0 Å². The molecule has 0 unspecified atom stereocenters. The minimum Gasteiger partial charge on any atom is -0.481 e. The minimum atomic E-state index is -0.864. The van der Waals surface area contributed by atoms with Crippen molar-refractivity contribution in [3.05, 3.63) is 28.2 Å². The first-order chi connectivity index (χ1) is 9.04. The van der Waals surface area contributed by atoms with Crippen molar-refractivity contribution >= 4 is 55.8 Å². The molecule has 8 heteroatoms. The number of rotatable bonds is 5. The highest BCUT2D eigenvalue weighted by atomic mass is 79.9. The quantitative estimate of drug-likeness (QED) is 0.795. The van der Waals surface area contributed by atoms with Gasteiger partial charge in [-0.2, -0.15) is 0 Å². The van der Waals surface area contributed by atoms with Gasteiger partial charge >= 0.3 is 5.97 Å². The third kappa shape index (κ3) is 4.19. The number of benzene rings is 1. The molecule has 0 fully saturated rings. The predicted octanol–water partition coefficient (Wildman–Crippen LogP) is 3.53. The monoisotopic (exact) mass is 359 g/mol. The van der Waals surface area contributed by atoms with Gasteiger partial charge in [-0.3, -0.25) is 4.79 Å². The first kappa shape index (κ1) is 14.3. The molecule has 0 aliphatic heterocycles. The predicted molar refractivity (Wildman–Crippen MR) is 80.4 cm³/mol. The van der Waals surface area contributed by atoms with E-state index < -0.39 is 5.97 Å². The number of aromatic nitrogens is 2. The number of hydrogen-bond acceptors (Lipinski definition) is 6. The van der Waals surface area contributed by atoms with Gasteiger partial charge in [0.05, 0.1) is 5.75 Å². The summed E-state index contributed by atoms with van der Waals surface area (Å²) in [6.45, 7) is 2.01. The van der Waals surface area contributed by atoms with Gasteiger partial charge in [0.25, 0.3) is 0 Å². The van der Waals surface area contributed by atoms with E-state index in [4.69, 9.17) is 5.11 Å². The fraction of sp³-hybridized carbons (Fsp3) is 0.182. The topological polar surface area (TPSA) is 75.1 Å². The van der Waals surface area contributed by atoms with Crippen LogP contribution in [0.2, 0.25) is 0 Å². The maximum absolute atomic E-state index is 10.5. The van der Waals surface area contributed by atoms with E-state index in [0.717, 1.165) is 27.5 Å². The molecule has 0 aliphatic carbocycles. The number of carboxylic acids is 1. The molecule has 1 aromatic heterocycles. The lowest BCUT2D eigenvalue weighted by Crippen LogP contribution is -1.96. The van der Waals surface area contributed by atoms with Crippen molar-refractivity contribution in [1.82, 2.24) is 10.2 Å². The second kappa shape index (κ2) is 6.36. The van der Waals surface area contributed by atoms with E-state index in [0.29, 0.717) is 9.47 Å². The molecule has 1 aromatic carbocycles. The third-order valence-electron chi connectivity index (χ3n) is 2.15. The molecule has 0 saturated carbocycles. The summed E-state index contributed by atoms with van der Waals surface area (Å²) in [6, 6.07) is 5.90. The third-order valence-corrected chi connectivity index (χ3v) is 4.96. The number of carbonyl (C=O) groups is 1. The summed E-state index contributed by atoms with van der Waals surface area (Å²) >= 11 is 5.96. The molecule has 0 spiro atoms. The molecule has 0 atom stereocenters. The number of anilines is 2. The average Bonchev–Trinajstić information content (AvgIpc) is 2.79. The van der Waals surface area contributed by atoms with Gasteiger partial charge in [-0.15, -0.1) is 10.2 Å². The van der Waals surface area contributed by atoms with E-state index in [1.807, 2.05) is 25.1 Å². The molecule has 2 rings (SSSR count). The highest BCUT2D eigenvalue weighted by Gasteiger charge is 2.07. The molecule has 100 valence electrons. The Morgan fingerprint density at radius 1 is 1.53 bits per heavy atom. The van der Waals surface area contributed by atoms with Gasteiger partial charge in [0.15, 0.2) is 4.34 Å². The number of aryl methyl sites for hydroxylation is 1. The molecule has 2 aromatic rings. The van der Waals surface area contributed by atoms with E-state index in [1.54, 1.807) is 0 Å². The van der Waals surface area contributed by atoms with E-state index in [9.17, 15) is 4.79 Å². The molecule has 0 saturated heterocycles. The van der Waals surface area contributed by atoms with E-state index in [1.165, 1.54) is 11.3 Å².